The van der Waals surface area contributed by atoms with Crippen molar-refractivity contribution in [2.24, 2.45) is 0 Å². The van der Waals surface area contributed by atoms with Gasteiger partial charge < -0.3 is 71.1 Å². The van der Waals surface area contributed by atoms with Crippen LogP contribution in [0.1, 0.15) is 122 Å². The highest BCUT2D eigenvalue weighted by Crippen LogP contribution is 2.70. The molecular weight excluding hydrogens is 756 g/mol. The maximum Gasteiger partial charge on any atom is 0.246 e. The highest BCUT2D eigenvalue weighted by atomic mass is 16.8. The van der Waals surface area contributed by atoms with Crippen molar-refractivity contribution in [1.82, 2.24) is 0 Å². The second kappa shape index (κ2) is 12.1. The molecule has 6 aliphatic heterocycles. The summed E-state index contributed by atoms with van der Waals surface area (Å²) in [6.45, 7) is 22.4. The fourth-order valence-electron chi connectivity index (χ4n) is 8.55. The fourth-order valence-corrected chi connectivity index (χ4v) is 8.55. The third-order valence-corrected chi connectivity index (χ3v) is 10.3. The zero-order valence-corrected chi connectivity index (χ0v) is 35.8. The minimum atomic E-state index is -1.13. The van der Waals surface area contributed by atoms with Crippen LogP contribution in [0, 0.1) is 0 Å². The average Bonchev–Trinajstić information content (AvgIpc) is 3.90. The number of benzene rings is 3. The van der Waals surface area contributed by atoms with E-state index in [2.05, 4.69) is 0 Å². The molecule has 0 saturated carbocycles. The average molecular weight is 809 g/mol. The minimum Gasteiger partial charge on any atom is -0.449 e. The molecule has 6 heterocycles. The number of fused-ring (bicyclic) bond motifs is 6. The first-order valence-electron chi connectivity index (χ1n) is 19.4. The second-order valence-corrected chi connectivity index (χ2v) is 18.0. The summed E-state index contributed by atoms with van der Waals surface area (Å²) >= 11 is 0. The third-order valence-electron chi connectivity index (χ3n) is 10.3. The van der Waals surface area contributed by atoms with Gasteiger partial charge in [0.2, 0.25) is 34.7 Å². The molecule has 3 aromatic carbocycles. The normalized spacial score (nSPS) is 21.3. The van der Waals surface area contributed by atoms with Gasteiger partial charge in [0, 0.05) is 104 Å². The summed E-state index contributed by atoms with van der Waals surface area (Å²) < 4.78 is 98.2. The van der Waals surface area contributed by atoms with Gasteiger partial charge in [-0.1, -0.05) is 0 Å². The summed E-state index contributed by atoms with van der Waals surface area (Å²) in [5.74, 6) is -2.98. The van der Waals surface area contributed by atoms with E-state index in [1.807, 2.05) is 83.1 Å². The molecule has 0 N–H and O–H groups in total. The van der Waals surface area contributed by atoms with E-state index in [1.54, 1.807) is 21.3 Å². The van der Waals surface area contributed by atoms with Gasteiger partial charge in [-0.05, 0) is 0 Å². The highest BCUT2D eigenvalue weighted by molar-refractivity contribution is 5.81. The van der Waals surface area contributed by atoms with Gasteiger partial charge in [-0.25, -0.2) is 0 Å². The van der Waals surface area contributed by atoms with Crippen LogP contribution in [0.25, 0.3) is 0 Å². The van der Waals surface area contributed by atoms with Gasteiger partial charge in [0.25, 0.3) is 0 Å². The van der Waals surface area contributed by atoms with Crippen molar-refractivity contribution in [3.63, 3.8) is 0 Å². The third kappa shape index (κ3) is 5.86. The smallest absolute Gasteiger partial charge is 0.246 e. The molecule has 0 atom stereocenters. The lowest BCUT2D eigenvalue weighted by Crippen LogP contribution is -2.32. The van der Waals surface area contributed by atoms with Crippen molar-refractivity contribution >= 4 is 0 Å². The van der Waals surface area contributed by atoms with Crippen molar-refractivity contribution < 1.29 is 71.1 Å². The Balaban J connectivity index is 1.50. The minimum absolute atomic E-state index is 0.133. The molecule has 9 rings (SSSR count). The molecule has 15 nitrogen and oxygen atoms in total. The van der Waals surface area contributed by atoms with Crippen LogP contribution in [-0.2, 0) is 34.0 Å². The van der Waals surface area contributed by atoms with E-state index in [0.29, 0.717) is 102 Å². The zero-order valence-electron chi connectivity index (χ0n) is 35.8. The lowest BCUT2D eigenvalue weighted by molar-refractivity contribution is -0.0505. The van der Waals surface area contributed by atoms with E-state index in [4.69, 9.17) is 71.1 Å². The maximum absolute atomic E-state index is 6.85. The Morgan fingerprint density at radius 1 is 0.293 bits per heavy atom. The predicted octanol–water partition coefficient (Wildman–Crippen LogP) is 8.35. The molecule has 15 heteroatoms. The lowest BCUT2D eigenvalue weighted by atomic mass is 9.79. The number of hydrogen-bond donors (Lipinski definition) is 0. The largest absolute Gasteiger partial charge is 0.449 e. The van der Waals surface area contributed by atoms with Crippen LogP contribution in [0.15, 0.2) is 0 Å². The first-order valence-corrected chi connectivity index (χ1v) is 19.4. The molecule has 0 aromatic heterocycles. The van der Waals surface area contributed by atoms with Gasteiger partial charge in [0.15, 0.2) is 69.0 Å². The van der Waals surface area contributed by atoms with Crippen LogP contribution < -0.4 is 56.8 Å². The number of hydrogen-bond acceptors (Lipinski definition) is 15. The maximum atomic E-state index is 6.85. The molecule has 0 aliphatic carbocycles. The zero-order chi connectivity index (χ0) is 41.7. The monoisotopic (exact) mass is 808 g/mol. The van der Waals surface area contributed by atoms with Crippen molar-refractivity contribution in [2.45, 2.75) is 144 Å². The lowest BCUT2D eigenvalue weighted by Gasteiger charge is -2.28. The van der Waals surface area contributed by atoms with Crippen LogP contribution in [0.2, 0.25) is 0 Å². The fraction of sp³-hybridized carbons (Fsp3) is 0.581. The van der Waals surface area contributed by atoms with E-state index in [-0.39, 0.29) is 19.8 Å². The first kappa shape index (κ1) is 38.6. The van der Waals surface area contributed by atoms with Crippen LogP contribution >= 0.6 is 0 Å². The molecule has 6 aliphatic rings. The van der Waals surface area contributed by atoms with Gasteiger partial charge in [-0.15, -0.1) is 0 Å². The van der Waals surface area contributed by atoms with Crippen LogP contribution in [0.4, 0.5) is 0 Å². The summed E-state index contributed by atoms with van der Waals surface area (Å²) in [6.07, 6.45) is 0. The van der Waals surface area contributed by atoms with Gasteiger partial charge in [0.1, 0.15) is 0 Å². The Labute approximate surface area is 337 Å². The van der Waals surface area contributed by atoms with Gasteiger partial charge in [-0.3, -0.25) is 0 Å². The molecule has 0 spiro atoms. The topological polar surface area (TPSA) is 138 Å². The standard InChI is InChI=1S/C43H52O15/c1-38(2)47-26-19(16-44-13)27-33(54-39(3,4)48-27)23(32(26)53-38)22(24-34-28(49-40(5,6)55-34)20(17-45-14)29-35(24)56-41(7,8)50-29)25-36-30(51-42(9,10)57-36)21(18-46-15)31-37(25)58-43(11,12)52-31/h22H,16-18H2,1-15H3. The second-order valence-electron chi connectivity index (χ2n) is 18.0. The van der Waals surface area contributed by atoms with Gasteiger partial charge >= 0.3 is 0 Å². The summed E-state index contributed by atoms with van der Waals surface area (Å²) in [5.41, 5.74) is 3.34. The number of rotatable bonds is 9. The summed E-state index contributed by atoms with van der Waals surface area (Å²) in [6, 6.07) is 0. The van der Waals surface area contributed by atoms with Crippen molar-refractivity contribution in [3.8, 4) is 69.0 Å². The van der Waals surface area contributed by atoms with Crippen molar-refractivity contribution in [3.05, 3.63) is 33.4 Å². The Kier molecular flexibility index (Phi) is 8.07. The number of methoxy groups -OCH3 is 3. The van der Waals surface area contributed by atoms with E-state index in [9.17, 15) is 0 Å². The van der Waals surface area contributed by atoms with Crippen molar-refractivity contribution in [1.29, 1.82) is 0 Å². The molecule has 58 heavy (non-hydrogen) atoms. The first-order chi connectivity index (χ1) is 27.0. The Hall–Kier alpha value is -4.86. The van der Waals surface area contributed by atoms with E-state index in [1.165, 1.54) is 0 Å². The molecule has 314 valence electrons. The predicted molar refractivity (Wildman–Crippen MR) is 204 cm³/mol. The van der Waals surface area contributed by atoms with Crippen LogP contribution in [0.3, 0.4) is 0 Å². The highest BCUT2D eigenvalue weighted by Gasteiger charge is 2.56. The molecule has 0 bridgehead atoms. The Morgan fingerprint density at radius 3 is 0.603 bits per heavy atom. The van der Waals surface area contributed by atoms with Gasteiger partial charge in [0.05, 0.1) is 59.1 Å². The molecular formula is C43H52O15. The molecule has 0 fully saturated rings. The molecule has 0 radical (unpaired) electrons. The molecule has 0 saturated heterocycles. The van der Waals surface area contributed by atoms with Crippen molar-refractivity contribution in [2.75, 3.05) is 21.3 Å². The Bertz CT molecular complexity index is 1880. The van der Waals surface area contributed by atoms with Gasteiger partial charge in [-0.2, -0.15) is 0 Å². The molecule has 0 unspecified atom stereocenters. The summed E-state index contributed by atoms with van der Waals surface area (Å²) in [7, 11) is 4.82. The molecule has 0 amide bonds. The Morgan fingerprint density at radius 2 is 0.448 bits per heavy atom. The van der Waals surface area contributed by atoms with Crippen LogP contribution in [-0.4, -0.2) is 56.1 Å². The van der Waals surface area contributed by atoms with E-state index < -0.39 is 40.6 Å². The van der Waals surface area contributed by atoms with E-state index in [0.717, 1.165) is 0 Å². The van der Waals surface area contributed by atoms with E-state index >= 15 is 0 Å². The number of ether oxygens (including phenoxy) is 15. The van der Waals surface area contributed by atoms with Crippen LogP contribution in [0.5, 0.6) is 69.0 Å². The summed E-state index contributed by atoms with van der Waals surface area (Å²) in [4.78, 5) is 0. The molecule has 3 aromatic rings. The quantitative estimate of drug-likeness (QED) is 0.191. The summed E-state index contributed by atoms with van der Waals surface area (Å²) in [5, 5.41) is 0. The SMILES string of the molecule is COCc1c2c(c(C(c3c4c(c(COC)c5c3OC(C)(C)O5)OC(C)(C)O4)c3c4c(c(COC)c5c3OC(C)(C)O5)OC(C)(C)O4)c3c1OC(C)(C)O3)OC(C)(C)O2.